The highest BCUT2D eigenvalue weighted by Crippen LogP contribution is 2.23. The molecule has 2 rings (SSSR count). The molecule has 0 aromatic heterocycles. The summed E-state index contributed by atoms with van der Waals surface area (Å²) in [6.45, 7) is 0.0722. The zero-order valence-corrected chi connectivity index (χ0v) is 12.4. The van der Waals surface area contributed by atoms with Gasteiger partial charge in [0.2, 0.25) is 5.91 Å². The summed E-state index contributed by atoms with van der Waals surface area (Å²) in [6.07, 6.45) is 0.298. The van der Waals surface area contributed by atoms with Crippen molar-refractivity contribution < 1.29 is 9.90 Å². The van der Waals surface area contributed by atoms with E-state index in [1.807, 2.05) is 48.5 Å². The minimum Gasteiger partial charge on any atom is -0.392 e. The lowest BCUT2D eigenvalue weighted by molar-refractivity contribution is -0.120. The molecule has 0 fully saturated rings. The molecule has 5 heteroatoms. The minimum atomic E-state index is -0.193. The molecule has 0 aliphatic rings. The van der Waals surface area contributed by atoms with Gasteiger partial charge in [0.05, 0.1) is 13.0 Å². The molecule has 1 amide bonds. The highest BCUT2D eigenvalue weighted by Gasteiger charge is 2.02. The van der Waals surface area contributed by atoms with E-state index in [2.05, 4.69) is 5.43 Å². The molecule has 0 heterocycles. The van der Waals surface area contributed by atoms with Crippen molar-refractivity contribution in [3.63, 3.8) is 0 Å². The molecular weight excluding hydrogens is 284 g/mol. The number of thioether (sulfide) groups is 1. The summed E-state index contributed by atoms with van der Waals surface area (Å²) in [7, 11) is 0. The topological polar surface area (TPSA) is 75.3 Å². The third-order valence-electron chi connectivity index (χ3n) is 3.06. The van der Waals surface area contributed by atoms with Gasteiger partial charge in [0.1, 0.15) is 0 Å². The van der Waals surface area contributed by atoms with E-state index in [-0.39, 0.29) is 12.5 Å². The number of nitrogens with two attached hydrogens (primary N) is 1. The molecule has 0 radical (unpaired) electrons. The molecule has 0 bridgehead atoms. The van der Waals surface area contributed by atoms with E-state index in [9.17, 15) is 4.79 Å². The first-order chi connectivity index (χ1) is 10.2. The first kappa shape index (κ1) is 15.6. The van der Waals surface area contributed by atoms with Crippen LogP contribution in [0.4, 0.5) is 0 Å². The number of hydrogen-bond acceptors (Lipinski definition) is 4. The molecule has 4 N–H and O–H groups in total. The number of hydrazine groups is 1. The van der Waals surface area contributed by atoms with Crippen LogP contribution in [-0.4, -0.2) is 11.0 Å². The Bertz CT molecular complexity index is 582. The van der Waals surface area contributed by atoms with Crippen molar-refractivity contribution in [3.05, 3.63) is 65.2 Å². The van der Waals surface area contributed by atoms with Crippen molar-refractivity contribution in [2.75, 3.05) is 0 Å². The van der Waals surface area contributed by atoms with E-state index in [1.165, 1.54) is 10.5 Å². The van der Waals surface area contributed by atoms with Crippen LogP contribution >= 0.6 is 11.8 Å². The van der Waals surface area contributed by atoms with Crippen LogP contribution in [0, 0.1) is 0 Å². The lowest BCUT2D eigenvalue weighted by Crippen LogP contribution is -2.31. The summed E-state index contributed by atoms with van der Waals surface area (Å²) in [5.41, 5.74) is 5.18. The van der Waals surface area contributed by atoms with Crippen LogP contribution in [0.15, 0.2) is 53.4 Å². The summed E-state index contributed by atoms with van der Waals surface area (Å²) < 4.78 is 0. The number of rotatable bonds is 6. The van der Waals surface area contributed by atoms with E-state index in [1.54, 1.807) is 11.8 Å². The van der Waals surface area contributed by atoms with Gasteiger partial charge in [0.15, 0.2) is 0 Å². The Morgan fingerprint density at radius 3 is 2.14 bits per heavy atom. The van der Waals surface area contributed by atoms with Gasteiger partial charge in [-0.25, -0.2) is 5.84 Å². The van der Waals surface area contributed by atoms with E-state index in [0.717, 1.165) is 16.9 Å². The smallest absolute Gasteiger partial charge is 0.238 e. The highest BCUT2D eigenvalue weighted by molar-refractivity contribution is 7.98. The van der Waals surface area contributed by atoms with Crippen molar-refractivity contribution in [1.29, 1.82) is 0 Å². The van der Waals surface area contributed by atoms with Gasteiger partial charge >= 0.3 is 0 Å². The number of benzene rings is 2. The predicted molar refractivity (Wildman–Crippen MR) is 84.4 cm³/mol. The molecule has 0 unspecified atom stereocenters. The molecule has 0 atom stereocenters. The second-order valence-corrected chi connectivity index (χ2v) is 5.70. The molecule has 0 saturated carbocycles. The van der Waals surface area contributed by atoms with E-state index < -0.39 is 0 Å². The normalized spacial score (nSPS) is 10.4. The summed E-state index contributed by atoms with van der Waals surface area (Å²) in [5, 5.41) is 9.00. The number of carbonyl (C=O) groups excluding carboxylic acids is 1. The highest BCUT2D eigenvalue weighted by atomic mass is 32.2. The fourth-order valence-corrected chi connectivity index (χ4v) is 2.70. The molecule has 4 nitrogen and oxygen atoms in total. The van der Waals surface area contributed by atoms with Gasteiger partial charge in [-0.2, -0.15) is 0 Å². The first-order valence-corrected chi connectivity index (χ1v) is 7.59. The third-order valence-corrected chi connectivity index (χ3v) is 4.14. The zero-order valence-electron chi connectivity index (χ0n) is 11.6. The number of aliphatic hydroxyl groups excluding tert-OH is 1. The second kappa shape index (κ2) is 7.83. The fourth-order valence-electron chi connectivity index (χ4n) is 1.85. The van der Waals surface area contributed by atoms with Gasteiger partial charge in [-0.3, -0.25) is 10.2 Å². The SMILES string of the molecule is NNC(=O)Cc1ccc(CSc2ccc(CO)cc2)cc1. The zero-order chi connectivity index (χ0) is 15.1. The predicted octanol–water partition coefficient (Wildman–Crippen LogP) is 2.00. The van der Waals surface area contributed by atoms with Crippen molar-refractivity contribution >= 4 is 17.7 Å². The van der Waals surface area contributed by atoms with Crippen LogP contribution in [-0.2, 0) is 23.6 Å². The summed E-state index contributed by atoms with van der Waals surface area (Å²) >= 11 is 1.74. The quantitative estimate of drug-likeness (QED) is 0.330. The Hall–Kier alpha value is -1.82. The monoisotopic (exact) mass is 302 g/mol. The number of carbonyl (C=O) groups is 1. The molecule has 0 aliphatic carbocycles. The number of amides is 1. The Labute approximate surface area is 128 Å². The fraction of sp³-hybridized carbons (Fsp3) is 0.188. The van der Waals surface area contributed by atoms with Crippen LogP contribution in [0.3, 0.4) is 0 Å². The standard InChI is InChI=1S/C16H18N2O2S/c17-18-16(20)9-12-1-3-14(4-2-12)11-21-15-7-5-13(10-19)6-8-15/h1-8,19H,9-11,17H2,(H,18,20). The Kier molecular flexibility index (Phi) is 5.80. The molecule has 0 aliphatic heterocycles. The minimum absolute atomic E-state index is 0.0722. The molecule has 110 valence electrons. The van der Waals surface area contributed by atoms with Crippen LogP contribution in [0.1, 0.15) is 16.7 Å². The van der Waals surface area contributed by atoms with Crippen molar-refractivity contribution in [2.24, 2.45) is 5.84 Å². The van der Waals surface area contributed by atoms with Crippen molar-refractivity contribution in [2.45, 2.75) is 23.7 Å². The molecule has 0 saturated heterocycles. The van der Waals surface area contributed by atoms with Gasteiger partial charge in [0, 0.05) is 10.6 Å². The Balaban J connectivity index is 1.89. The molecule has 21 heavy (non-hydrogen) atoms. The Morgan fingerprint density at radius 1 is 1.00 bits per heavy atom. The van der Waals surface area contributed by atoms with Gasteiger partial charge in [0.25, 0.3) is 0 Å². The molecule has 2 aromatic carbocycles. The molecule has 0 spiro atoms. The van der Waals surface area contributed by atoms with Crippen LogP contribution in [0.5, 0.6) is 0 Å². The van der Waals surface area contributed by atoms with Gasteiger partial charge < -0.3 is 5.11 Å². The average molecular weight is 302 g/mol. The maximum Gasteiger partial charge on any atom is 0.238 e. The van der Waals surface area contributed by atoms with Crippen molar-refractivity contribution in [1.82, 2.24) is 5.43 Å². The average Bonchev–Trinajstić information content (AvgIpc) is 2.54. The number of aliphatic hydroxyl groups is 1. The number of hydrogen-bond donors (Lipinski definition) is 3. The largest absolute Gasteiger partial charge is 0.392 e. The van der Waals surface area contributed by atoms with Crippen LogP contribution < -0.4 is 11.3 Å². The maximum atomic E-state index is 11.2. The lowest BCUT2D eigenvalue weighted by atomic mass is 10.1. The number of nitrogens with one attached hydrogen (secondary N) is 1. The summed E-state index contributed by atoms with van der Waals surface area (Å²) in [4.78, 5) is 12.3. The van der Waals surface area contributed by atoms with Crippen molar-refractivity contribution in [3.8, 4) is 0 Å². The van der Waals surface area contributed by atoms with Gasteiger partial charge in [-0.15, -0.1) is 11.8 Å². The Morgan fingerprint density at radius 2 is 1.57 bits per heavy atom. The summed E-state index contributed by atoms with van der Waals surface area (Å²) in [5.74, 6) is 5.73. The summed E-state index contributed by atoms with van der Waals surface area (Å²) in [6, 6.07) is 15.8. The van der Waals surface area contributed by atoms with Gasteiger partial charge in [-0.05, 0) is 28.8 Å². The third kappa shape index (κ3) is 4.90. The second-order valence-electron chi connectivity index (χ2n) is 4.65. The first-order valence-electron chi connectivity index (χ1n) is 6.61. The molecular formula is C16H18N2O2S. The maximum absolute atomic E-state index is 11.2. The van der Waals surface area contributed by atoms with Gasteiger partial charge in [-0.1, -0.05) is 36.4 Å². The van der Waals surface area contributed by atoms with Crippen LogP contribution in [0.25, 0.3) is 0 Å². The molecule has 2 aromatic rings. The van der Waals surface area contributed by atoms with E-state index in [4.69, 9.17) is 10.9 Å². The van der Waals surface area contributed by atoms with E-state index >= 15 is 0 Å². The lowest BCUT2D eigenvalue weighted by Gasteiger charge is -2.05. The van der Waals surface area contributed by atoms with E-state index in [0.29, 0.717) is 6.42 Å². The van der Waals surface area contributed by atoms with Crippen LogP contribution in [0.2, 0.25) is 0 Å².